The van der Waals surface area contributed by atoms with Gasteiger partial charge in [-0.1, -0.05) is 36.4 Å². The van der Waals surface area contributed by atoms with Crippen LogP contribution in [-0.2, 0) is 0 Å². The zero-order valence-electron chi connectivity index (χ0n) is 23.7. The Morgan fingerprint density at radius 1 is 0.975 bits per heavy atom. The highest BCUT2D eigenvalue weighted by Gasteiger charge is 2.32. The first-order chi connectivity index (χ1) is 19.4. The van der Waals surface area contributed by atoms with Crippen molar-refractivity contribution in [3.8, 4) is 6.07 Å². The van der Waals surface area contributed by atoms with E-state index >= 15 is 0 Å². The zero-order valence-corrected chi connectivity index (χ0v) is 23.7. The summed E-state index contributed by atoms with van der Waals surface area (Å²) in [5.74, 6) is 0.0344. The molecule has 1 atom stereocenters. The van der Waals surface area contributed by atoms with E-state index < -0.39 is 0 Å². The van der Waals surface area contributed by atoms with E-state index in [2.05, 4.69) is 53.2 Å². The van der Waals surface area contributed by atoms with Gasteiger partial charge in [-0.3, -0.25) is 4.79 Å². The molecule has 0 radical (unpaired) electrons. The molecule has 7 heteroatoms. The minimum absolute atomic E-state index is 0.00508. The first-order valence-corrected chi connectivity index (χ1v) is 14.2. The Morgan fingerprint density at radius 3 is 2.38 bits per heavy atom. The highest BCUT2D eigenvalue weighted by atomic mass is 16.3. The maximum atomic E-state index is 13.9. The number of hydrogen-bond donors (Lipinski definition) is 2. The molecule has 0 aromatic heterocycles. The van der Waals surface area contributed by atoms with Crippen molar-refractivity contribution in [1.82, 2.24) is 4.90 Å². The fraction of sp³-hybridized carbons (Fsp3) is 0.394. The number of rotatable bonds is 6. The van der Waals surface area contributed by atoms with Crippen LogP contribution in [0.25, 0.3) is 0 Å². The molecule has 2 saturated heterocycles. The lowest BCUT2D eigenvalue weighted by Gasteiger charge is -2.42. The molecule has 2 heterocycles. The Balaban J connectivity index is 1.30. The number of carbonyl (C=O) groups excluding carboxylic acids is 1. The van der Waals surface area contributed by atoms with E-state index in [1.165, 1.54) is 0 Å². The molecular weight excluding hydrogens is 498 g/mol. The summed E-state index contributed by atoms with van der Waals surface area (Å²) in [6.07, 6.45) is 1.91. The lowest BCUT2D eigenvalue weighted by atomic mass is 9.94. The van der Waals surface area contributed by atoms with Crippen molar-refractivity contribution in [3.63, 3.8) is 0 Å². The molecule has 0 spiro atoms. The minimum Gasteiger partial charge on any atom is -0.394 e. The number of piperidine rings is 1. The van der Waals surface area contributed by atoms with Crippen molar-refractivity contribution >= 4 is 23.0 Å². The first kappa shape index (κ1) is 27.5. The third-order valence-electron chi connectivity index (χ3n) is 8.46. The monoisotopic (exact) mass is 537 g/mol. The number of anilines is 3. The number of carbonyl (C=O) groups is 1. The largest absolute Gasteiger partial charge is 0.394 e. The van der Waals surface area contributed by atoms with E-state index in [-0.39, 0.29) is 18.6 Å². The summed E-state index contributed by atoms with van der Waals surface area (Å²) in [5.41, 5.74) is 7.73. The second-order valence-corrected chi connectivity index (χ2v) is 11.0. The number of nitrogens with one attached hydrogen (secondary N) is 1. The Morgan fingerprint density at radius 2 is 1.68 bits per heavy atom. The Bertz CT molecular complexity index is 1390. The summed E-state index contributed by atoms with van der Waals surface area (Å²) in [7, 11) is 0. The maximum absolute atomic E-state index is 13.9. The van der Waals surface area contributed by atoms with Gasteiger partial charge in [0.25, 0.3) is 5.91 Å². The van der Waals surface area contributed by atoms with E-state index in [1.807, 2.05) is 54.3 Å². The van der Waals surface area contributed by atoms with Crippen LogP contribution in [0.4, 0.5) is 17.1 Å². The predicted octanol–water partition coefficient (Wildman–Crippen LogP) is 4.89. The fourth-order valence-electron chi connectivity index (χ4n) is 6.36. The van der Waals surface area contributed by atoms with Crippen molar-refractivity contribution in [2.24, 2.45) is 0 Å². The van der Waals surface area contributed by atoms with E-state index in [1.54, 1.807) is 0 Å². The number of nitriles is 1. The number of benzene rings is 3. The first-order valence-electron chi connectivity index (χ1n) is 14.2. The summed E-state index contributed by atoms with van der Waals surface area (Å²) in [4.78, 5) is 20.3. The molecule has 7 nitrogen and oxygen atoms in total. The van der Waals surface area contributed by atoms with Gasteiger partial charge < -0.3 is 25.1 Å². The quantitative estimate of drug-likeness (QED) is 0.466. The summed E-state index contributed by atoms with van der Waals surface area (Å²) < 4.78 is 0. The number of piperazine rings is 1. The summed E-state index contributed by atoms with van der Waals surface area (Å²) in [5, 5.41) is 23.5. The van der Waals surface area contributed by atoms with Gasteiger partial charge in [0.05, 0.1) is 23.9 Å². The number of para-hydroxylation sites is 2. The van der Waals surface area contributed by atoms with Gasteiger partial charge in [0.1, 0.15) is 6.07 Å². The van der Waals surface area contributed by atoms with Crippen LogP contribution in [0.2, 0.25) is 0 Å². The molecule has 0 bridgehead atoms. The number of hydrogen-bond acceptors (Lipinski definition) is 6. The van der Waals surface area contributed by atoms with Gasteiger partial charge >= 0.3 is 0 Å². The third-order valence-corrected chi connectivity index (χ3v) is 8.46. The molecule has 3 aromatic rings. The number of aryl methyl sites for hydroxylation is 2. The van der Waals surface area contributed by atoms with Crippen LogP contribution in [-0.4, -0.2) is 67.3 Å². The molecule has 0 aliphatic carbocycles. The molecule has 208 valence electrons. The highest BCUT2D eigenvalue weighted by Crippen LogP contribution is 2.32. The van der Waals surface area contributed by atoms with Gasteiger partial charge in [0.2, 0.25) is 0 Å². The molecule has 1 amide bonds. The van der Waals surface area contributed by atoms with E-state index in [0.717, 1.165) is 70.8 Å². The predicted molar refractivity (Wildman–Crippen MR) is 161 cm³/mol. The van der Waals surface area contributed by atoms with E-state index in [4.69, 9.17) is 0 Å². The normalized spacial score (nSPS) is 18.0. The number of nitrogens with zero attached hydrogens (tertiary/aromatic N) is 4. The van der Waals surface area contributed by atoms with Crippen molar-refractivity contribution in [3.05, 3.63) is 88.5 Å². The average molecular weight is 538 g/mol. The van der Waals surface area contributed by atoms with E-state index in [0.29, 0.717) is 25.7 Å². The highest BCUT2D eigenvalue weighted by molar-refractivity contribution is 5.99. The van der Waals surface area contributed by atoms with Crippen LogP contribution in [0.15, 0.2) is 60.7 Å². The minimum atomic E-state index is -0.139. The second kappa shape index (κ2) is 12.0. The summed E-state index contributed by atoms with van der Waals surface area (Å²) in [6, 6.07) is 22.5. The second-order valence-electron chi connectivity index (χ2n) is 11.0. The molecular formula is C33H39N5O2. The van der Waals surface area contributed by atoms with Gasteiger partial charge in [-0.25, -0.2) is 0 Å². The van der Waals surface area contributed by atoms with Crippen molar-refractivity contribution in [1.29, 1.82) is 5.26 Å². The van der Waals surface area contributed by atoms with Crippen molar-refractivity contribution in [2.75, 3.05) is 54.4 Å². The molecule has 40 heavy (non-hydrogen) atoms. The number of amides is 1. The van der Waals surface area contributed by atoms with Crippen LogP contribution in [0.3, 0.4) is 0 Å². The van der Waals surface area contributed by atoms with Gasteiger partial charge in [0, 0.05) is 55.7 Å². The SMILES string of the molecule is Cc1cc(C)c(C(=O)N2CCN(c3ccccc3)[C@H](CO)C2)c(C)c1NC1CCN(c2ccccc2C#N)CC1. The van der Waals surface area contributed by atoms with Crippen LogP contribution in [0, 0.1) is 32.1 Å². The molecule has 0 unspecified atom stereocenters. The molecule has 2 N–H and O–H groups in total. The molecule has 0 saturated carbocycles. The molecule has 3 aromatic carbocycles. The maximum Gasteiger partial charge on any atom is 0.254 e. The molecule has 5 rings (SSSR count). The Labute approximate surface area is 237 Å². The van der Waals surface area contributed by atoms with Crippen LogP contribution >= 0.6 is 0 Å². The molecule has 2 fully saturated rings. The van der Waals surface area contributed by atoms with Crippen molar-refractivity contribution < 1.29 is 9.90 Å². The molecule has 2 aliphatic rings. The summed E-state index contributed by atoms with van der Waals surface area (Å²) in [6.45, 7) is 9.71. The Kier molecular flexibility index (Phi) is 8.27. The smallest absolute Gasteiger partial charge is 0.254 e. The molecule has 2 aliphatic heterocycles. The topological polar surface area (TPSA) is 82.8 Å². The van der Waals surface area contributed by atoms with Crippen LogP contribution in [0.5, 0.6) is 0 Å². The fourth-order valence-corrected chi connectivity index (χ4v) is 6.36. The lowest BCUT2D eigenvalue weighted by Crippen LogP contribution is -2.56. The zero-order chi connectivity index (χ0) is 28.2. The number of aliphatic hydroxyl groups excluding tert-OH is 1. The van der Waals surface area contributed by atoms with Gasteiger partial charge in [0.15, 0.2) is 0 Å². The standard InChI is InChI=1S/C33H39N5O2/c1-23-19-24(2)32(35-27-13-15-36(16-14-27)30-12-8-7-9-26(30)20-34)25(3)31(23)33(40)37-17-18-38(29(21-37)22-39)28-10-5-4-6-11-28/h4-12,19,27,29,35,39H,13-18,21-22H2,1-3H3/t29-/m0/s1. The van der Waals surface area contributed by atoms with Gasteiger partial charge in [-0.15, -0.1) is 0 Å². The van der Waals surface area contributed by atoms with Crippen LogP contribution in [0.1, 0.15) is 45.5 Å². The number of aliphatic hydroxyl groups is 1. The third kappa shape index (κ3) is 5.50. The van der Waals surface area contributed by atoms with E-state index in [9.17, 15) is 15.2 Å². The average Bonchev–Trinajstić information content (AvgIpc) is 2.99. The lowest BCUT2D eigenvalue weighted by molar-refractivity contribution is 0.0698. The summed E-state index contributed by atoms with van der Waals surface area (Å²) >= 11 is 0. The van der Waals surface area contributed by atoms with Crippen molar-refractivity contribution in [2.45, 2.75) is 45.7 Å². The van der Waals surface area contributed by atoms with Gasteiger partial charge in [-0.05, 0) is 74.6 Å². The van der Waals surface area contributed by atoms with Gasteiger partial charge in [-0.2, -0.15) is 5.26 Å². The van der Waals surface area contributed by atoms with Crippen LogP contribution < -0.4 is 15.1 Å². The Hall–Kier alpha value is -4.02.